The molecule has 1 aliphatic heterocycles. The first-order chi connectivity index (χ1) is 9.99. The van der Waals surface area contributed by atoms with Crippen LogP contribution in [0.5, 0.6) is 0 Å². The summed E-state index contributed by atoms with van der Waals surface area (Å²) in [7, 11) is 2.97. The third kappa shape index (κ3) is 2.77. The van der Waals surface area contributed by atoms with E-state index in [2.05, 4.69) is 12.2 Å². The first-order valence-electron chi connectivity index (χ1n) is 6.91. The molecule has 2 rings (SSSR count). The Bertz CT molecular complexity index is 590. The fourth-order valence-corrected chi connectivity index (χ4v) is 2.41. The lowest BCUT2D eigenvalue weighted by atomic mass is 9.94. The van der Waals surface area contributed by atoms with Gasteiger partial charge in [0.25, 0.3) is 0 Å². The van der Waals surface area contributed by atoms with E-state index >= 15 is 0 Å². The van der Waals surface area contributed by atoms with Crippen molar-refractivity contribution >= 4 is 12.0 Å². The lowest BCUT2D eigenvalue weighted by Crippen LogP contribution is -2.46. The van der Waals surface area contributed by atoms with E-state index in [1.165, 1.54) is 17.6 Å². The number of nitrogens with zero attached hydrogens (tertiary/aromatic N) is 1. The minimum Gasteiger partial charge on any atom is -0.466 e. The third-order valence-corrected chi connectivity index (χ3v) is 3.88. The number of urea groups is 1. The number of aryl methyl sites for hydroxylation is 1. The van der Waals surface area contributed by atoms with Gasteiger partial charge in [0.2, 0.25) is 0 Å². The van der Waals surface area contributed by atoms with Crippen LogP contribution in [0.25, 0.3) is 0 Å². The summed E-state index contributed by atoms with van der Waals surface area (Å²) in [6, 6.07) is 7.17. The number of esters is 1. The monoisotopic (exact) mass is 288 g/mol. The molecule has 5 nitrogen and oxygen atoms in total. The van der Waals surface area contributed by atoms with Crippen LogP contribution in [0.3, 0.4) is 0 Å². The van der Waals surface area contributed by atoms with Crippen LogP contribution in [-0.4, -0.2) is 31.1 Å². The molecule has 0 saturated carbocycles. The number of amides is 2. The molecule has 1 N–H and O–H groups in total. The summed E-state index contributed by atoms with van der Waals surface area (Å²) in [5.41, 5.74) is 3.14. The fraction of sp³-hybridized carbons (Fsp3) is 0.375. The van der Waals surface area contributed by atoms with Crippen molar-refractivity contribution in [3.63, 3.8) is 0 Å². The summed E-state index contributed by atoms with van der Waals surface area (Å²) in [6.07, 6.45) is 0.943. The minimum absolute atomic E-state index is 0.232. The molecule has 0 unspecified atom stereocenters. The highest BCUT2D eigenvalue weighted by Crippen LogP contribution is 2.30. The van der Waals surface area contributed by atoms with E-state index in [9.17, 15) is 9.59 Å². The van der Waals surface area contributed by atoms with Crippen molar-refractivity contribution in [2.45, 2.75) is 26.3 Å². The van der Waals surface area contributed by atoms with Gasteiger partial charge < -0.3 is 15.0 Å². The zero-order chi connectivity index (χ0) is 15.6. The van der Waals surface area contributed by atoms with Crippen LogP contribution in [0.4, 0.5) is 4.79 Å². The quantitative estimate of drug-likeness (QED) is 0.869. The first-order valence-corrected chi connectivity index (χ1v) is 6.91. The van der Waals surface area contributed by atoms with Gasteiger partial charge in [0.15, 0.2) is 0 Å². The van der Waals surface area contributed by atoms with Crippen LogP contribution in [0.15, 0.2) is 35.5 Å². The van der Waals surface area contributed by atoms with E-state index < -0.39 is 12.0 Å². The Kier molecular flexibility index (Phi) is 4.31. The summed E-state index contributed by atoms with van der Waals surface area (Å²) >= 11 is 0. The third-order valence-electron chi connectivity index (χ3n) is 3.88. The van der Waals surface area contributed by atoms with Crippen molar-refractivity contribution in [3.05, 3.63) is 46.7 Å². The van der Waals surface area contributed by atoms with Gasteiger partial charge in [-0.25, -0.2) is 9.59 Å². The Hall–Kier alpha value is -2.30. The van der Waals surface area contributed by atoms with Gasteiger partial charge in [-0.05, 0) is 24.5 Å². The highest BCUT2D eigenvalue weighted by molar-refractivity contribution is 5.94. The van der Waals surface area contributed by atoms with E-state index in [4.69, 9.17) is 4.74 Å². The molecule has 1 aromatic carbocycles. The predicted molar refractivity (Wildman–Crippen MR) is 79.6 cm³/mol. The summed E-state index contributed by atoms with van der Waals surface area (Å²) in [6.45, 7) is 3.83. The van der Waals surface area contributed by atoms with Gasteiger partial charge in [0.05, 0.1) is 18.7 Å². The maximum absolute atomic E-state index is 12.1. The summed E-state index contributed by atoms with van der Waals surface area (Å²) < 4.78 is 4.87. The number of nitrogens with one attached hydrogen (secondary N) is 1. The number of ether oxygens (including phenoxy) is 1. The Morgan fingerprint density at radius 3 is 2.48 bits per heavy atom. The van der Waals surface area contributed by atoms with E-state index in [-0.39, 0.29) is 6.03 Å². The lowest BCUT2D eigenvalue weighted by Gasteiger charge is -2.33. The van der Waals surface area contributed by atoms with Gasteiger partial charge >= 0.3 is 12.0 Å². The van der Waals surface area contributed by atoms with Gasteiger partial charge in [-0.1, -0.05) is 31.2 Å². The van der Waals surface area contributed by atoms with Gasteiger partial charge in [-0.2, -0.15) is 0 Å². The maximum atomic E-state index is 12.1. The molecule has 0 spiro atoms. The van der Waals surface area contributed by atoms with Crippen LogP contribution in [0, 0.1) is 0 Å². The van der Waals surface area contributed by atoms with Crippen molar-refractivity contribution in [2.24, 2.45) is 0 Å². The van der Waals surface area contributed by atoms with Crippen molar-refractivity contribution in [3.8, 4) is 0 Å². The summed E-state index contributed by atoms with van der Waals surface area (Å²) in [5.74, 6) is -0.427. The van der Waals surface area contributed by atoms with E-state index in [0.29, 0.717) is 11.3 Å². The average molecular weight is 288 g/mol. The van der Waals surface area contributed by atoms with Crippen LogP contribution in [-0.2, 0) is 16.0 Å². The number of carbonyl (C=O) groups excluding carboxylic acids is 2. The molecule has 112 valence electrons. The number of carbonyl (C=O) groups is 2. The number of hydrogen-bond acceptors (Lipinski definition) is 3. The highest BCUT2D eigenvalue weighted by Gasteiger charge is 2.34. The molecule has 0 saturated heterocycles. The molecule has 0 aromatic heterocycles. The minimum atomic E-state index is -0.480. The van der Waals surface area contributed by atoms with Crippen LogP contribution in [0.2, 0.25) is 0 Å². The second kappa shape index (κ2) is 5.99. The van der Waals surface area contributed by atoms with Crippen molar-refractivity contribution in [1.29, 1.82) is 0 Å². The van der Waals surface area contributed by atoms with Gasteiger partial charge in [-0.15, -0.1) is 0 Å². The smallest absolute Gasteiger partial charge is 0.337 e. The molecular formula is C16H20N2O3. The molecule has 1 atom stereocenters. The molecule has 0 aliphatic carbocycles. The van der Waals surface area contributed by atoms with Gasteiger partial charge in [0.1, 0.15) is 0 Å². The van der Waals surface area contributed by atoms with Gasteiger partial charge in [-0.3, -0.25) is 0 Å². The lowest BCUT2D eigenvalue weighted by molar-refractivity contribution is -0.136. The Balaban J connectivity index is 2.48. The largest absolute Gasteiger partial charge is 0.466 e. The Morgan fingerprint density at radius 2 is 1.95 bits per heavy atom. The van der Waals surface area contributed by atoms with E-state index in [0.717, 1.165) is 12.0 Å². The van der Waals surface area contributed by atoms with Crippen molar-refractivity contribution in [2.75, 3.05) is 14.2 Å². The number of rotatable bonds is 3. The van der Waals surface area contributed by atoms with Crippen LogP contribution < -0.4 is 5.32 Å². The number of methoxy groups -OCH3 is 1. The van der Waals surface area contributed by atoms with Crippen molar-refractivity contribution in [1.82, 2.24) is 10.2 Å². The van der Waals surface area contributed by atoms with E-state index in [1.54, 1.807) is 14.0 Å². The summed E-state index contributed by atoms with van der Waals surface area (Å²) in [5, 5.41) is 2.84. The van der Waals surface area contributed by atoms with Crippen LogP contribution >= 0.6 is 0 Å². The molecule has 1 heterocycles. The predicted octanol–water partition coefficient (Wildman–Crippen LogP) is 2.39. The molecular weight excluding hydrogens is 268 g/mol. The zero-order valence-corrected chi connectivity index (χ0v) is 12.8. The van der Waals surface area contributed by atoms with E-state index in [1.807, 2.05) is 24.3 Å². The molecule has 0 radical (unpaired) electrons. The topological polar surface area (TPSA) is 58.6 Å². The van der Waals surface area contributed by atoms with Crippen molar-refractivity contribution < 1.29 is 14.3 Å². The molecule has 2 amide bonds. The molecule has 1 aromatic rings. The zero-order valence-electron chi connectivity index (χ0n) is 12.8. The van der Waals surface area contributed by atoms with Gasteiger partial charge in [0, 0.05) is 12.7 Å². The normalized spacial score (nSPS) is 18.6. The Labute approximate surface area is 124 Å². The number of benzene rings is 1. The highest BCUT2D eigenvalue weighted by atomic mass is 16.5. The molecule has 1 aliphatic rings. The maximum Gasteiger partial charge on any atom is 0.337 e. The fourth-order valence-electron chi connectivity index (χ4n) is 2.41. The molecule has 21 heavy (non-hydrogen) atoms. The second-order valence-electron chi connectivity index (χ2n) is 5.03. The molecule has 5 heteroatoms. The summed E-state index contributed by atoms with van der Waals surface area (Å²) in [4.78, 5) is 25.5. The number of hydrogen-bond donors (Lipinski definition) is 1. The number of allylic oxidation sites excluding steroid dienone is 1. The molecule has 0 fully saturated rings. The first kappa shape index (κ1) is 15.1. The standard InChI is InChI=1S/C16H20N2O3/c1-5-11-6-8-12(9-7-11)14-13(15(19)21-4)10(2)18(3)16(20)17-14/h6-9,14H,5H2,1-4H3,(H,17,20)/t14-/m1/s1. The van der Waals surface area contributed by atoms with Crippen LogP contribution in [0.1, 0.15) is 31.0 Å². The SMILES string of the molecule is CCc1ccc([C@H]2NC(=O)N(C)C(C)=C2C(=O)OC)cc1. The second-order valence-corrected chi connectivity index (χ2v) is 5.03. The Morgan fingerprint density at radius 1 is 1.33 bits per heavy atom. The molecule has 0 bridgehead atoms. The average Bonchev–Trinajstić information content (AvgIpc) is 2.51.